The number of benzene rings is 1. The lowest BCUT2D eigenvalue weighted by molar-refractivity contribution is 0.306. The summed E-state index contributed by atoms with van der Waals surface area (Å²) in [6, 6.07) is 8.49. The first-order valence-corrected chi connectivity index (χ1v) is 5.79. The maximum atomic E-state index is 5.77. The highest BCUT2D eigenvalue weighted by atomic mass is 16.5. The molecule has 1 unspecified atom stereocenters. The molecule has 0 spiro atoms. The molecule has 0 saturated heterocycles. The fourth-order valence-corrected chi connectivity index (χ4v) is 1.54. The molecule has 16 heavy (non-hydrogen) atoms. The Morgan fingerprint density at radius 1 is 1.44 bits per heavy atom. The van der Waals surface area contributed by atoms with Crippen LogP contribution < -0.4 is 10.1 Å². The van der Waals surface area contributed by atoms with Crippen molar-refractivity contribution in [2.45, 2.75) is 25.8 Å². The van der Waals surface area contributed by atoms with Gasteiger partial charge >= 0.3 is 0 Å². The van der Waals surface area contributed by atoms with Gasteiger partial charge in [-0.15, -0.1) is 6.58 Å². The van der Waals surface area contributed by atoms with Crippen molar-refractivity contribution in [2.24, 2.45) is 0 Å². The van der Waals surface area contributed by atoms with Crippen LogP contribution in [0.2, 0.25) is 0 Å². The number of ether oxygens (including phenoxy) is 1. The van der Waals surface area contributed by atoms with Crippen LogP contribution in [0, 0.1) is 0 Å². The first-order valence-electron chi connectivity index (χ1n) is 5.79. The Labute approximate surface area is 98.3 Å². The highest BCUT2D eigenvalue weighted by Gasteiger charge is 2.08. The lowest BCUT2D eigenvalue weighted by atomic mass is 10.1. The summed E-state index contributed by atoms with van der Waals surface area (Å²) in [7, 11) is 1.96. The molecular formula is C14H21NO. The molecule has 0 aliphatic rings. The van der Waals surface area contributed by atoms with Crippen molar-refractivity contribution in [3.05, 3.63) is 42.5 Å². The Bertz CT molecular complexity index is 322. The Balaban J connectivity index is 2.60. The largest absolute Gasteiger partial charge is 0.493 e. The SMILES string of the molecule is C=CCCCOc1ccccc1C(C)NC. The van der Waals surface area contributed by atoms with E-state index in [1.54, 1.807) is 0 Å². The van der Waals surface area contributed by atoms with Crippen LogP contribution >= 0.6 is 0 Å². The number of nitrogens with one attached hydrogen (secondary N) is 1. The third-order valence-corrected chi connectivity index (χ3v) is 2.63. The van der Waals surface area contributed by atoms with Crippen LogP contribution in [0.1, 0.15) is 31.4 Å². The summed E-state index contributed by atoms with van der Waals surface area (Å²) >= 11 is 0. The van der Waals surface area contributed by atoms with E-state index >= 15 is 0 Å². The quantitative estimate of drug-likeness (QED) is 0.561. The molecule has 2 heteroatoms. The molecule has 1 aromatic rings. The average Bonchev–Trinajstić information content (AvgIpc) is 2.34. The van der Waals surface area contributed by atoms with Crippen LogP contribution in [-0.2, 0) is 0 Å². The van der Waals surface area contributed by atoms with E-state index in [0.29, 0.717) is 6.04 Å². The third kappa shape index (κ3) is 3.70. The summed E-state index contributed by atoms with van der Waals surface area (Å²) < 4.78 is 5.77. The molecule has 0 aliphatic carbocycles. The predicted molar refractivity (Wildman–Crippen MR) is 68.8 cm³/mol. The van der Waals surface area contributed by atoms with Crippen molar-refractivity contribution in [3.8, 4) is 5.75 Å². The standard InChI is InChI=1S/C14H21NO/c1-4-5-8-11-16-14-10-7-6-9-13(14)12(2)15-3/h4,6-7,9-10,12,15H,1,5,8,11H2,2-3H3. The predicted octanol–water partition coefficient (Wildman–Crippen LogP) is 3.31. The van der Waals surface area contributed by atoms with Crippen LogP contribution in [0.5, 0.6) is 5.75 Å². The van der Waals surface area contributed by atoms with Crippen molar-refractivity contribution >= 4 is 0 Å². The van der Waals surface area contributed by atoms with Crippen molar-refractivity contribution in [3.63, 3.8) is 0 Å². The first-order chi connectivity index (χ1) is 7.79. The molecule has 0 bridgehead atoms. The minimum atomic E-state index is 0.315. The Morgan fingerprint density at radius 3 is 2.88 bits per heavy atom. The van der Waals surface area contributed by atoms with Crippen LogP contribution in [-0.4, -0.2) is 13.7 Å². The third-order valence-electron chi connectivity index (χ3n) is 2.63. The molecule has 0 saturated carbocycles. The smallest absolute Gasteiger partial charge is 0.124 e. The zero-order valence-corrected chi connectivity index (χ0v) is 10.2. The number of hydrogen-bond acceptors (Lipinski definition) is 2. The van der Waals surface area contributed by atoms with E-state index in [1.807, 2.05) is 31.3 Å². The molecular weight excluding hydrogens is 198 g/mol. The minimum absolute atomic E-state index is 0.315. The monoisotopic (exact) mass is 219 g/mol. The summed E-state index contributed by atoms with van der Waals surface area (Å²) in [6.07, 6.45) is 3.95. The lowest BCUT2D eigenvalue weighted by Crippen LogP contribution is -2.13. The number of hydrogen-bond donors (Lipinski definition) is 1. The van der Waals surface area contributed by atoms with E-state index < -0.39 is 0 Å². The number of rotatable bonds is 7. The zero-order chi connectivity index (χ0) is 11.8. The van der Waals surface area contributed by atoms with Gasteiger partial charge in [0.15, 0.2) is 0 Å². The molecule has 1 N–H and O–H groups in total. The fraction of sp³-hybridized carbons (Fsp3) is 0.429. The van der Waals surface area contributed by atoms with Crippen molar-refractivity contribution in [1.82, 2.24) is 5.32 Å². The van der Waals surface area contributed by atoms with Crippen molar-refractivity contribution < 1.29 is 4.74 Å². The Kier molecular flexibility index (Phi) is 5.65. The van der Waals surface area contributed by atoms with Gasteiger partial charge in [0.05, 0.1) is 6.61 Å². The van der Waals surface area contributed by atoms with E-state index in [4.69, 9.17) is 4.74 Å². The topological polar surface area (TPSA) is 21.3 Å². The van der Waals surface area contributed by atoms with Gasteiger partial charge in [0.2, 0.25) is 0 Å². The van der Waals surface area contributed by atoms with Gasteiger partial charge in [0.1, 0.15) is 5.75 Å². The molecule has 88 valence electrons. The average molecular weight is 219 g/mol. The molecule has 0 aliphatic heterocycles. The van der Waals surface area contributed by atoms with E-state index in [-0.39, 0.29) is 0 Å². The second-order valence-electron chi connectivity index (χ2n) is 3.83. The maximum absolute atomic E-state index is 5.77. The Morgan fingerprint density at radius 2 is 2.19 bits per heavy atom. The number of unbranched alkanes of at least 4 members (excludes halogenated alkanes) is 1. The van der Waals surface area contributed by atoms with Gasteiger partial charge < -0.3 is 10.1 Å². The summed E-state index contributed by atoms with van der Waals surface area (Å²) in [4.78, 5) is 0. The minimum Gasteiger partial charge on any atom is -0.493 e. The molecule has 0 fully saturated rings. The van der Waals surface area contributed by atoms with Crippen LogP contribution in [0.4, 0.5) is 0 Å². The summed E-state index contributed by atoms with van der Waals surface area (Å²) in [5, 5.41) is 3.23. The van der Waals surface area contributed by atoms with Crippen LogP contribution in [0.25, 0.3) is 0 Å². The van der Waals surface area contributed by atoms with Gasteiger partial charge in [-0.3, -0.25) is 0 Å². The van der Waals surface area contributed by atoms with Crippen molar-refractivity contribution in [2.75, 3.05) is 13.7 Å². The highest BCUT2D eigenvalue weighted by Crippen LogP contribution is 2.24. The van der Waals surface area contributed by atoms with E-state index in [0.717, 1.165) is 25.2 Å². The van der Waals surface area contributed by atoms with E-state index in [1.165, 1.54) is 5.56 Å². The molecule has 1 rings (SSSR count). The number of allylic oxidation sites excluding steroid dienone is 1. The lowest BCUT2D eigenvalue weighted by Gasteiger charge is -2.16. The second kappa shape index (κ2) is 7.07. The molecule has 0 radical (unpaired) electrons. The molecule has 0 amide bonds. The van der Waals surface area contributed by atoms with Gasteiger partial charge in [0.25, 0.3) is 0 Å². The maximum Gasteiger partial charge on any atom is 0.124 e. The Hall–Kier alpha value is -1.28. The second-order valence-corrected chi connectivity index (χ2v) is 3.83. The number of para-hydroxylation sites is 1. The van der Waals surface area contributed by atoms with Gasteiger partial charge in [-0.05, 0) is 32.9 Å². The van der Waals surface area contributed by atoms with Crippen LogP contribution in [0.3, 0.4) is 0 Å². The summed E-state index contributed by atoms with van der Waals surface area (Å²) in [5.74, 6) is 0.980. The van der Waals surface area contributed by atoms with Gasteiger partial charge in [0, 0.05) is 11.6 Å². The van der Waals surface area contributed by atoms with E-state index in [2.05, 4.69) is 24.9 Å². The zero-order valence-electron chi connectivity index (χ0n) is 10.2. The van der Waals surface area contributed by atoms with Gasteiger partial charge in [-0.1, -0.05) is 24.3 Å². The molecule has 2 nitrogen and oxygen atoms in total. The van der Waals surface area contributed by atoms with Gasteiger partial charge in [-0.25, -0.2) is 0 Å². The van der Waals surface area contributed by atoms with Crippen molar-refractivity contribution in [1.29, 1.82) is 0 Å². The highest BCUT2D eigenvalue weighted by molar-refractivity contribution is 5.35. The summed E-state index contributed by atoms with van der Waals surface area (Å²) in [6.45, 7) is 6.58. The summed E-state index contributed by atoms with van der Waals surface area (Å²) in [5.41, 5.74) is 1.21. The van der Waals surface area contributed by atoms with Crippen LogP contribution in [0.15, 0.2) is 36.9 Å². The van der Waals surface area contributed by atoms with Gasteiger partial charge in [-0.2, -0.15) is 0 Å². The molecule has 1 atom stereocenters. The fourth-order valence-electron chi connectivity index (χ4n) is 1.54. The molecule has 1 aromatic carbocycles. The molecule has 0 aromatic heterocycles. The van der Waals surface area contributed by atoms with E-state index in [9.17, 15) is 0 Å². The first kappa shape index (κ1) is 12.8. The normalized spacial score (nSPS) is 12.1. The molecule has 0 heterocycles.